The first kappa shape index (κ1) is 16.3. The molecule has 2 aliphatic heterocycles. The minimum atomic E-state index is 0.0436. The van der Waals surface area contributed by atoms with Gasteiger partial charge in [0.05, 0.1) is 30.4 Å². The average molecular weight is 341 g/mol. The number of nitrogens with one attached hydrogen (secondary N) is 1. The molecule has 4 rings (SSSR count). The van der Waals surface area contributed by atoms with Gasteiger partial charge in [0, 0.05) is 31.6 Å². The van der Waals surface area contributed by atoms with Gasteiger partial charge in [-0.3, -0.25) is 4.79 Å². The van der Waals surface area contributed by atoms with Gasteiger partial charge in [-0.25, -0.2) is 4.98 Å². The minimum Gasteiger partial charge on any atom is -0.378 e. The van der Waals surface area contributed by atoms with E-state index in [2.05, 4.69) is 10.3 Å². The molecule has 1 atom stereocenters. The Hall–Kier alpha value is -2.18. The number of carbonyl (C=O) groups excluding carboxylic acids is 1. The number of rotatable bonds is 4. The predicted molar refractivity (Wildman–Crippen MR) is 95.9 cm³/mol. The van der Waals surface area contributed by atoms with Crippen molar-refractivity contribution in [2.45, 2.75) is 18.9 Å². The summed E-state index contributed by atoms with van der Waals surface area (Å²) in [4.78, 5) is 19.5. The third kappa shape index (κ3) is 3.60. The molecule has 0 unspecified atom stereocenters. The Kier molecular flexibility index (Phi) is 4.81. The van der Waals surface area contributed by atoms with E-state index in [1.807, 2.05) is 35.2 Å². The standard InChI is InChI=1S/C19H23N3O3/c23-19(22-7-10-24-11-8-22)16-12-18(20-13-14-4-3-9-25-14)21-17-6-2-1-5-15(16)17/h1-2,5-6,12,14H,3-4,7-11,13H2,(H,20,21)/t14-/m1/s1. The van der Waals surface area contributed by atoms with E-state index in [0.717, 1.165) is 42.7 Å². The molecular weight excluding hydrogens is 318 g/mol. The second kappa shape index (κ2) is 7.37. The van der Waals surface area contributed by atoms with Crippen LogP contribution in [0.4, 0.5) is 5.82 Å². The Morgan fingerprint density at radius 2 is 2.08 bits per heavy atom. The van der Waals surface area contributed by atoms with Gasteiger partial charge in [-0.1, -0.05) is 18.2 Å². The van der Waals surface area contributed by atoms with Gasteiger partial charge in [-0.2, -0.15) is 0 Å². The van der Waals surface area contributed by atoms with Crippen molar-refractivity contribution in [3.05, 3.63) is 35.9 Å². The Morgan fingerprint density at radius 3 is 2.88 bits per heavy atom. The van der Waals surface area contributed by atoms with Crippen LogP contribution < -0.4 is 5.32 Å². The molecule has 6 nitrogen and oxygen atoms in total. The molecule has 1 aromatic carbocycles. The highest BCUT2D eigenvalue weighted by Gasteiger charge is 2.22. The number of anilines is 1. The number of ether oxygens (including phenoxy) is 2. The summed E-state index contributed by atoms with van der Waals surface area (Å²) < 4.78 is 11.0. The minimum absolute atomic E-state index is 0.0436. The maximum absolute atomic E-state index is 13.0. The van der Waals surface area contributed by atoms with Crippen molar-refractivity contribution in [1.82, 2.24) is 9.88 Å². The van der Waals surface area contributed by atoms with Crippen LogP contribution >= 0.6 is 0 Å². The first-order valence-electron chi connectivity index (χ1n) is 8.93. The molecular formula is C19H23N3O3. The van der Waals surface area contributed by atoms with Gasteiger partial charge in [0.2, 0.25) is 0 Å². The highest BCUT2D eigenvalue weighted by atomic mass is 16.5. The fourth-order valence-corrected chi connectivity index (χ4v) is 3.40. The van der Waals surface area contributed by atoms with Gasteiger partial charge >= 0.3 is 0 Å². The Morgan fingerprint density at radius 1 is 1.24 bits per heavy atom. The SMILES string of the molecule is O=C(c1cc(NC[C@H]2CCCO2)nc2ccccc12)N1CCOCC1. The summed E-state index contributed by atoms with van der Waals surface area (Å²) in [5.74, 6) is 0.771. The van der Waals surface area contributed by atoms with E-state index in [1.54, 1.807) is 0 Å². The summed E-state index contributed by atoms with van der Waals surface area (Å²) in [6.45, 7) is 4.01. The summed E-state index contributed by atoms with van der Waals surface area (Å²) in [5.41, 5.74) is 1.53. The number of pyridine rings is 1. The zero-order chi connectivity index (χ0) is 17.1. The van der Waals surface area contributed by atoms with E-state index in [4.69, 9.17) is 9.47 Å². The van der Waals surface area contributed by atoms with Crippen LogP contribution in [-0.2, 0) is 9.47 Å². The molecule has 1 N–H and O–H groups in total. The van der Waals surface area contributed by atoms with Crippen LogP contribution in [0.2, 0.25) is 0 Å². The number of para-hydroxylation sites is 1. The average Bonchev–Trinajstić information content (AvgIpc) is 3.19. The fraction of sp³-hybridized carbons (Fsp3) is 0.474. The van der Waals surface area contributed by atoms with Crippen LogP contribution in [0.25, 0.3) is 10.9 Å². The summed E-state index contributed by atoms with van der Waals surface area (Å²) in [6.07, 6.45) is 2.41. The molecule has 0 radical (unpaired) electrons. The van der Waals surface area contributed by atoms with Crippen molar-refractivity contribution in [3.8, 4) is 0 Å². The summed E-state index contributed by atoms with van der Waals surface area (Å²) in [7, 11) is 0. The molecule has 1 aromatic heterocycles. The molecule has 132 valence electrons. The molecule has 1 amide bonds. The summed E-state index contributed by atoms with van der Waals surface area (Å²) in [6, 6.07) is 9.67. The quantitative estimate of drug-likeness (QED) is 0.924. The summed E-state index contributed by atoms with van der Waals surface area (Å²) >= 11 is 0. The highest BCUT2D eigenvalue weighted by molar-refractivity contribution is 6.07. The molecule has 2 fully saturated rings. The van der Waals surface area contributed by atoms with Crippen LogP contribution in [0.1, 0.15) is 23.2 Å². The molecule has 0 bridgehead atoms. The lowest BCUT2D eigenvalue weighted by atomic mass is 10.1. The van der Waals surface area contributed by atoms with Crippen LogP contribution in [0.3, 0.4) is 0 Å². The lowest BCUT2D eigenvalue weighted by Crippen LogP contribution is -2.40. The number of amides is 1. The van der Waals surface area contributed by atoms with E-state index < -0.39 is 0 Å². The van der Waals surface area contributed by atoms with Crippen molar-refractivity contribution in [3.63, 3.8) is 0 Å². The molecule has 0 saturated carbocycles. The fourth-order valence-electron chi connectivity index (χ4n) is 3.40. The normalized spacial score (nSPS) is 20.8. The van der Waals surface area contributed by atoms with Crippen LogP contribution in [0.15, 0.2) is 30.3 Å². The van der Waals surface area contributed by atoms with Gasteiger partial charge in [0.15, 0.2) is 0 Å². The Bertz CT molecular complexity index is 753. The largest absolute Gasteiger partial charge is 0.378 e. The van der Waals surface area contributed by atoms with Gasteiger partial charge in [0.1, 0.15) is 5.82 Å². The third-order valence-electron chi connectivity index (χ3n) is 4.78. The third-order valence-corrected chi connectivity index (χ3v) is 4.78. The molecule has 25 heavy (non-hydrogen) atoms. The number of benzene rings is 1. The maximum Gasteiger partial charge on any atom is 0.254 e. The highest BCUT2D eigenvalue weighted by Crippen LogP contribution is 2.23. The Labute approximate surface area is 147 Å². The first-order valence-corrected chi connectivity index (χ1v) is 8.93. The van der Waals surface area contributed by atoms with Crippen LogP contribution in [0.5, 0.6) is 0 Å². The number of hydrogen-bond acceptors (Lipinski definition) is 5. The summed E-state index contributed by atoms with van der Waals surface area (Å²) in [5, 5.41) is 4.24. The van der Waals surface area contributed by atoms with Crippen molar-refractivity contribution < 1.29 is 14.3 Å². The van der Waals surface area contributed by atoms with Crippen LogP contribution in [0, 0.1) is 0 Å². The lowest BCUT2D eigenvalue weighted by Gasteiger charge is -2.27. The molecule has 0 spiro atoms. The van der Waals surface area contributed by atoms with Crippen molar-refractivity contribution in [2.24, 2.45) is 0 Å². The zero-order valence-electron chi connectivity index (χ0n) is 14.2. The molecule has 2 saturated heterocycles. The number of aromatic nitrogens is 1. The van der Waals surface area contributed by atoms with E-state index in [-0.39, 0.29) is 12.0 Å². The lowest BCUT2D eigenvalue weighted by molar-refractivity contribution is 0.0304. The monoisotopic (exact) mass is 341 g/mol. The number of morpholine rings is 1. The molecule has 2 aliphatic rings. The van der Waals surface area contributed by atoms with E-state index >= 15 is 0 Å². The smallest absolute Gasteiger partial charge is 0.254 e. The predicted octanol–water partition coefficient (Wildman–Crippen LogP) is 2.30. The number of nitrogens with zero attached hydrogens (tertiary/aromatic N) is 2. The van der Waals surface area contributed by atoms with Gasteiger partial charge < -0.3 is 19.7 Å². The maximum atomic E-state index is 13.0. The van der Waals surface area contributed by atoms with Gasteiger partial charge in [-0.15, -0.1) is 0 Å². The second-order valence-corrected chi connectivity index (χ2v) is 6.49. The Balaban J connectivity index is 1.62. The van der Waals surface area contributed by atoms with Crippen molar-refractivity contribution in [1.29, 1.82) is 0 Å². The van der Waals surface area contributed by atoms with Crippen molar-refractivity contribution >= 4 is 22.6 Å². The van der Waals surface area contributed by atoms with Gasteiger partial charge in [-0.05, 0) is 25.0 Å². The zero-order valence-corrected chi connectivity index (χ0v) is 14.2. The molecule has 6 heteroatoms. The van der Waals surface area contributed by atoms with E-state index in [0.29, 0.717) is 31.9 Å². The second-order valence-electron chi connectivity index (χ2n) is 6.49. The van der Waals surface area contributed by atoms with Gasteiger partial charge in [0.25, 0.3) is 5.91 Å². The topological polar surface area (TPSA) is 63.7 Å². The van der Waals surface area contributed by atoms with E-state index in [9.17, 15) is 4.79 Å². The van der Waals surface area contributed by atoms with E-state index in [1.165, 1.54) is 0 Å². The number of hydrogen-bond donors (Lipinski definition) is 1. The molecule has 3 heterocycles. The first-order chi connectivity index (χ1) is 12.3. The number of fused-ring (bicyclic) bond motifs is 1. The molecule has 2 aromatic rings. The molecule has 0 aliphatic carbocycles. The van der Waals surface area contributed by atoms with Crippen molar-refractivity contribution in [2.75, 3.05) is 44.8 Å². The number of carbonyl (C=O) groups is 1. The van der Waals surface area contributed by atoms with Crippen LogP contribution in [-0.4, -0.2) is 61.3 Å².